The van der Waals surface area contributed by atoms with Crippen LogP contribution >= 0.6 is 0 Å². The van der Waals surface area contributed by atoms with Crippen molar-refractivity contribution >= 4 is 5.97 Å². The quantitative estimate of drug-likeness (QED) is 0.753. The third kappa shape index (κ3) is 1.67. The summed E-state index contributed by atoms with van der Waals surface area (Å²) >= 11 is 0. The molecule has 2 aliphatic carbocycles. The van der Waals surface area contributed by atoms with E-state index >= 15 is 0 Å². The van der Waals surface area contributed by atoms with Gasteiger partial charge in [-0.3, -0.25) is 4.79 Å². The molecule has 80 valence electrons. The molecule has 0 aromatic carbocycles. The Morgan fingerprint density at radius 3 is 2.21 bits per heavy atom. The average molecular weight is 196 g/mol. The normalized spacial score (nSPS) is 35.2. The van der Waals surface area contributed by atoms with E-state index in [-0.39, 0.29) is 5.92 Å². The first kappa shape index (κ1) is 10.0. The SMILES string of the molecule is CCC1(C2CCC(C(=O)O)CC2)CC1. The molecule has 1 N–H and O–H groups in total. The molecule has 2 fully saturated rings. The Balaban J connectivity index is 1.87. The minimum absolute atomic E-state index is 0.0427. The van der Waals surface area contributed by atoms with E-state index in [1.54, 1.807) is 0 Å². The first-order chi connectivity index (χ1) is 6.68. The molecule has 2 rings (SSSR count). The van der Waals surface area contributed by atoms with Gasteiger partial charge in [-0.15, -0.1) is 0 Å². The first-order valence-corrected chi connectivity index (χ1v) is 5.91. The van der Waals surface area contributed by atoms with E-state index in [1.165, 1.54) is 19.3 Å². The molecule has 0 amide bonds. The number of carbonyl (C=O) groups is 1. The maximum Gasteiger partial charge on any atom is 0.306 e. The van der Waals surface area contributed by atoms with E-state index in [4.69, 9.17) is 5.11 Å². The summed E-state index contributed by atoms with van der Waals surface area (Å²) in [5.41, 5.74) is 0.642. The van der Waals surface area contributed by atoms with Crippen molar-refractivity contribution in [2.24, 2.45) is 17.3 Å². The lowest BCUT2D eigenvalue weighted by molar-refractivity contribution is -0.143. The maximum atomic E-state index is 10.8. The first-order valence-electron chi connectivity index (χ1n) is 5.91. The summed E-state index contributed by atoms with van der Waals surface area (Å²) in [6.07, 6.45) is 8.24. The van der Waals surface area contributed by atoms with Crippen molar-refractivity contribution < 1.29 is 9.90 Å². The van der Waals surface area contributed by atoms with Gasteiger partial charge in [0.2, 0.25) is 0 Å². The molecule has 0 aromatic rings. The fraction of sp³-hybridized carbons (Fsp3) is 0.917. The summed E-state index contributed by atoms with van der Waals surface area (Å²) in [6.45, 7) is 2.29. The molecule has 0 atom stereocenters. The molecule has 0 unspecified atom stereocenters. The lowest BCUT2D eigenvalue weighted by Crippen LogP contribution is -2.26. The lowest BCUT2D eigenvalue weighted by Gasteiger charge is -2.32. The van der Waals surface area contributed by atoms with E-state index in [0.29, 0.717) is 5.41 Å². The molecule has 0 saturated heterocycles. The Hall–Kier alpha value is -0.530. The van der Waals surface area contributed by atoms with Crippen LogP contribution in [0.2, 0.25) is 0 Å². The van der Waals surface area contributed by atoms with Gasteiger partial charge in [0.15, 0.2) is 0 Å². The molecule has 0 spiro atoms. The molecule has 2 nitrogen and oxygen atoms in total. The smallest absolute Gasteiger partial charge is 0.306 e. The highest BCUT2D eigenvalue weighted by atomic mass is 16.4. The highest BCUT2D eigenvalue weighted by molar-refractivity contribution is 5.70. The number of rotatable bonds is 3. The summed E-state index contributed by atoms with van der Waals surface area (Å²) < 4.78 is 0. The molecule has 2 aliphatic rings. The van der Waals surface area contributed by atoms with Crippen LogP contribution < -0.4 is 0 Å². The van der Waals surface area contributed by atoms with E-state index in [1.807, 2.05) is 0 Å². The highest BCUT2D eigenvalue weighted by Crippen LogP contribution is 2.58. The summed E-state index contributed by atoms with van der Waals surface area (Å²) in [5.74, 6) is 0.215. The molecule has 2 heteroatoms. The Bertz CT molecular complexity index is 222. The van der Waals surface area contributed by atoms with Crippen LogP contribution in [-0.2, 0) is 4.79 Å². The van der Waals surface area contributed by atoms with Crippen LogP contribution in [0.4, 0.5) is 0 Å². The van der Waals surface area contributed by atoms with Crippen molar-refractivity contribution in [2.75, 3.05) is 0 Å². The van der Waals surface area contributed by atoms with Crippen LogP contribution in [0.1, 0.15) is 51.9 Å². The molecular weight excluding hydrogens is 176 g/mol. The van der Waals surface area contributed by atoms with Gasteiger partial charge in [-0.1, -0.05) is 13.3 Å². The second kappa shape index (κ2) is 3.56. The standard InChI is InChI=1S/C12H20O2/c1-2-12(7-8-12)10-5-3-9(4-6-10)11(13)14/h9-10H,2-8H2,1H3,(H,13,14). The van der Waals surface area contributed by atoms with Crippen molar-refractivity contribution in [1.29, 1.82) is 0 Å². The molecule has 2 saturated carbocycles. The van der Waals surface area contributed by atoms with Crippen molar-refractivity contribution in [3.63, 3.8) is 0 Å². The minimum Gasteiger partial charge on any atom is -0.481 e. The van der Waals surface area contributed by atoms with E-state index in [0.717, 1.165) is 31.6 Å². The topological polar surface area (TPSA) is 37.3 Å². The van der Waals surface area contributed by atoms with Gasteiger partial charge in [0.1, 0.15) is 0 Å². The lowest BCUT2D eigenvalue weighted by atomic mass is 9.73. The van der Waals surface area contributed by atoms with Gasteiger partial charge in [0.05, 0.1) is 5.92 Å². The molecule has 0 aliphatic heterocycles. The van der Waals surface area contributed by atoms with Crippen LogP contribution in [-0.4, -0.2) is 11.1 Å². The van der Waals surface area contributed by atoms with E-state index < -0.39 is 5.97 Å². The second-order valence-electron chi connectivity index (χ2n) is 5.10. The molecule has 0 aromatic heterocycles. The summed E-state index contributed by atoms with van der Waals surface area (Å²) in [7, 11) is 0. The van der Waals surface area contributed by atoms with Gasteiger partial charge in [-0.25, -0.2) is 0 Å². The minimum atomic E-state index is -0.579. The molecular formula is C12H20O2. The van der Waals surface area contributed by atoms with Gasteiger partial charge in [-0.2, -0.15) is 0 Å². The highest BCUT2D eigenvalue weighted by Gasteiger charge is 2.48. The predicted octanol–water partition coefficient (Wildman–Crippen LogP) is 3.07. The van der Waals surface area contributed by atoms with Crippen molar-refractivity contribution in [3.8, 4) is 0 Å². The molecule has 14 heavy (non-hydrogen) atoms. The third-order valence-electron chi connectivity index (χ3n) is 4.54. The Morgan fingerprint density at radius 1 is 1.29 bits per heavy atom. The molecule has 0 heterocycles. The van der Waals surface area contributed by atoms with Crippen LogP contribution in [0, 0.1) is 17.3 Å². The maximum absolute atomic E-state index is 10.8. The predicted molar refractivity (Wildman–Crippen MR) is 55.0 cm³/mol. The Kier molecular flexibility index (Phi) is 2.54. The van der Waals surface area contributed by atoms with Crippen LogP contribution in [0.25, 0.3) is 0 Å². The largest absolute Gasteiger partial charge is 0.481 e. The summed E-state index contributed by atoms with van der Waals surface area (Å²) in [5, 5.41) is 8.90. The number of carboxylic acid groups (broad SMARTS) is 1. The van der Waals surface area contributed by atoms with Crippen LogP contribution in [0.15, 0.2) is 0 Å². The third-order valence-corrected chi connectivity index (χ3v) is 4.54. The zero-order chi connectivity index (χ0) is 10.2. The Morgan fingerprint density at radius 2 is 1.86 bits per heavy atom. The second-order valence-corrected chi connectivity index (χ2v) is 5.10. The Labute approximate surface area is 85.7 Å². The van der Waals surface area contributed by atoms with Gasteiger partial charge >= 0.3 is 5.97 Å². The molecule has 0 bridgehead atoms. The van der Waals surface area contributed by atoms with Gasteiger partial charge < -0.3 is 5.11 Å². The fourth-order valence-corrected chi connectivity index (χ4v) is 3.16. The summed E-state index contributed by atoms with van der Waals surface area (Å²) in [4.78, 5) is 10.8. The van der Waals surface area contributed by atoms with Crippen molar-refractivity contribution in [1.82, 2.24) is 0 Å². The fourth-order valence-electron chi connectivity index (χ4n) is 3.16. The number of aliphatic carboxylic acids is 1. The zero-order valence-corrected chi connectivity index (χ0v) is 8.96. The summed E-state index contributed by atoms with van der Waals surface area (Å²) in [6, 6.07) is 0. The average Bonchev–Trinajstić information content (AvgIpc) is 2.99. The van der Waals surface area contributed by atoms with E-state index in [9.17, 15) is 4.79 Å². The van der Waals surface area contributed by atoms with Gasteiger partial charge in [-0.05, 0) is 49.9 Å². The number of carboxylic acids is 1. The van der Waals surface area contributed by atoms with Crippen molar-refractivity contribution in [3.05, 3.63) is 0 Å². The molecule has 0 radical (unpaired) electrons. The van der Waals surface area contributed by atoms with E-state index in [2.05, 4.69) is 6.92 Å². The monoisotopic (exact) mass is 196 g/mol. The van der Waals surface area contributed by atoms with Gasteiger partial charge in [0.25, 0.3) is 0 Å². The van der Waals surface area contributed by atoms with Crippen molar-refractivity contribution in [2.45, 2.75) is 51.9 Å². The van der Waals surface area contributed by atoms with Gasteiger partial charge in [0, 0.05) is 0 Å². The van der Waals surface area contributed by atoms with Crippen LogP contribution in [0.3, 0.4) is 0 Å². The number of hydrogen-bond acceptors (Lipinski definition) is 1. The number of hydrogen-bond donors (Lipinski definition) is 1. The van der Waals surface area contributed by atoms with Crippen LogP contribution in [0.5, 0.6) is 0 Å². The zero-order valence-electron chi connectivity index (χ0n) is 8.96.